The summed E-state index contributed by atoms with van der Waals surface area (Å²) in [5.74, 6) is 0. The van der Waals surface area contributed by atoms with Crippen LogP contribution in [0.5, 0.6) is 0 Å². The van der Waals surface area contributed by atoms with E-state index in [1.165, 1.54) is 0 Å². The Hall–Kier alpha value is -0.870. The molecule has 108 valence electrons. The average molecular weight is 287 g/mol. The molecule has 1 aromatic carbocycles. The van der Waals surface area contributed by atoms with Crippen LogP contribution >= 0.6 is 7.60 Å². The zero-order valence-electron chi connectivity index (χ0n) is 11.9. The van der Waals surface area contributed by atoms with Crippen LogP contribution in [0.25, 0.3) is 0 Å². The van der Waals surface area contributed by atoms with Gasteiger partial charge in [0, 0.05) is 0 Å². The Morgan fingerprint density at radius 1 is 1.16 bits per heavy atom. The lowest BCUT2D eigenvalue weighted by molar-refractivity contribution is 0.152. The lowest BCUT2D eigenvalue weighted by Crippen LogP contribution is -2.42. The number of hydrogen-bond donors (Lipinski definition) is 1. The van der Waals surface area contributed by atoms with Gasteiger partial charge in [0.05, 0.1) is 18.9 Å². The zero-order chi connectivity index (χ0) is 14.5. The molecule has 0 saturated carbocycles. The summed E-state index contributed by atoms with van der Waals surface area (Å²) in [6.45, 7) is 7.25. The van der Waals surface area contributed by atoms with Gasteiger partial charge in [0.15, 0.2) is 5.28 Å². The van der Waals surface area contributed by atoms with Crippen LogP contribution < -0.4 is 5.06 Å². The number of nitrogens with zero attached hydrogens (tertiary/aromatic N) is 1. The molecule has 0 saturated heterocycles. The van der Waals surface area contributed by atoms with Gasteiger partial charge >= 0.3 is 7.60 Å². The second-order valence-electron chi connectivity index (χ2n) is 4.47. The summed E-state index contributed by atoms with van der Waals surface area (Å²) in [6, 6.07) is 8.88. The Balaban J connectivity index is 3.09. The van der Waals surface area contributed by atoms with Crippen molar-refractivity contribution >= 4 is 13.3 Å². The van der Waals surface area contributed by atoms with Gasteiger partial charge in [0.2, 0.25) is 0 Å². The lowest BCUT2D eigenvalue weighted by atomic mass is 10.3. The first-order valence-electron chi connectivity index (χ1n) is 6.32. The first-order chi connectivity index (χ1) is 8.89. The summed E-state index contributed by atoms with van der Waals surface area (Å²) in [4.78, 5) is 0. The predicted molar refractivity (Wildman–Crippen MR) is 75.6 cm³/mol. The van der Waals surface area contributed by atoms with Gasteiger partial charge in [0.1, 0.15) is 0 Å². The Kier molecular flexibility index (Phi) is 5.56. The molecular weight excluding hydrogens is 265 g/mol. The molecule has 0 amide bonds. The summed E-state index contributed by atoms with van der Waals surface area (Å²) >= 11 is 0. The first-order valence-corrected chi connectivity index (χ1v) is 7.86. The van der Waals surface area contributed by atoms with Gasteiger partial charge in [-0.3, -0.25) is 9.77 Å². The quantitative estimate of drug-likeness (QED) is 0.609. The van der Waals surface area contributed by atoms with Crippen molar-refractivity contribution in [3.63, 3.8) is 0 Å². The molecule has 0 unspecified atom stereocenters. The second-order valence-corrected chi connectivity index (χ2v) is 7.08. The number of para-hydroxylation sites is 1. The monoisotopic (exact) mass is 287 g/mol. The van der Waals surface area contributed by atoms with Crippen LogP contribution in [0.2, 0.25) is 0 Å². The molecule has 0 aliphatic rings. The highest BCUT2D eigenvalue weighted by Gasteiger charge is 2.48. The molecular formula is C13H22NO4P. The molecule has 1 rings (SSSR count). The van der Waals surface area contributed by atoms with Crippen molar-refractivity contribution < 1.29 is 18.8 Å². The molecule has 0 aliphatic heterocycles. The van der Waals surface area contributed by atoms with Gasteiger partial charge in [-0.25, -0.2) is 5.06 Å². The van der Waals surface area contributed by atoms with Gasteiger partial charge in [-0.05, 0) is 39.8 Å². The van der Waals surface area contributed by atoms with Crippen molar-refractivity contribution in [3.05, 3.63) is 30.3 Å². The number of hydrogen-bond acceptors (Lipinski definition) is 5. The highest BCUT2D eigenvalue weighted by atomic mass is 31.2. The summed E-state index contributed by atoms with van der Waals surface area (Å²) < 4.78 is 23.4. The smallest absolute Gasteiger partial charge is 0.307 e. The summed E-state index contributed by atoms with van der Waals surface area (Å²) in [7, 11) is -3.47. The van der Waals surface area contributed by atoms with Crippen LogP contribution in [0.1, 0.15) is 27.7 Å². The van der Waals surface area contributed by atoms with E-state index in [0.29, 0.717) is 5.69 Å². The topological polar surface area (TPSA) is 59.0 Å². The van der Waals surface area contributed by atoms with Crippen LogP contribution in [0, 0.1) is 0 Å². The van der Waals surface area contributed by atoms with Crippen molar-refractivity contribution in [1.29, 1.82) is 0 Å². The van der Waals surface area contributed by atoms with Crippen molar-refractivity contribution in [2.75, 3.05) is 18.3 Å². The van der Waals surface area contributed by atoms with Gasteiger partial charge in [0.25, 0.3) is 0 Å². The minimum atomic E-state index is -3.47. The molecule has 0 heterocycles. The van der Waals surface area contributed by atoms with Crippen molar-refractivity contribution in [2.24, 2.45) is 0 Å². The average Bonchev–Trinajstić information content (AvgIpc) is 2.39. The largest absolute Gasteiger partial charge is 0.357 e. The van der Waals surface area contributed by atoms with Crippen LogP contribution in [0.4, 0.5) is 5.69 Å². The Morgan fingerprint density at radius 3 is 2.05 bits per heavy atom. The van der Waals surface area contributed by atoms with Gasteiger partial charge in [-0.2, -0.15) is 0 Å². The number of hydroxylamine groups is 1. The molecule has 0 spiro atoms. The van der Waals surface area contributed by atoms with E-state index in [1.807, 2.05) is 6.07 Å². The molecule has 0 radical (unpaired) electrons. The molecule has 0 aliphatic carbocycles. The van der Waals surface area contributed by atoms with Crippen molar-refractivity contribution in [3.8, 4) is 0 Å². The molecule has 19 heavy (non-hydrogen) atoms. The van der Waals surface area contributed by atoms with E-state index in [2.05, 4.69) is 0 Å². The van der Waals surface area contributed by atoms with Gasteiger partial charge in [-0.15, -0.1) is 0 Å². The number of anilines is 1. The Labute approximate surface area is 114 Å². The van der Waals surface area contributed by atoms with Crippen LogP contribution in [-0.2, 0) is 13.6 Å². The fraction of sp³-hybridized carbons (Fsp3) is 0.538. The van der Waals surface area contributed by atoms with E-state index in [1.54, 1.807) is 52.0 Å². The SMILES string of the molecule is CCOP(=O)(OCC)C(C)(C)N(O)c1ccccc1. The highest BCUT2D eigenvalue weighted by molar-refractivity contribution is 7.55. The Morgan fingerprint density at radius 2 is 1.63 bits per heavy atom. The molecule has 5 nitrogen and oxygen atoms in total. The molecule has 0 atom stereocenters. The van der Waals surface area contributed by atoms with Crippen LogP contribution in [-0.4, -0.2) is 23.7 Å². The maximum atomic E-state index is 12.8. The third kappa shape index (κ3) is 3.37. The Bertz CT molecular complexity index is 426. The molecule has 0 fully saturated rings. The third-order valence-corrected chi connectivity index (χ3v) is 5.51. The van der Waals surface area contributed by atoms with Gasteiger partial charge < -0.3 is 9.05 Å². The minimum Gasteiger partial charge on any atom is -0.307 e. The first kappa shape index (κ1) is 16.2. The normalized spacial score (nSPS) is 12.5. The zero-order valence-corrected chi connectivity index (χ0v) is 12.8. The van der Waals surface area contributed by atoms with Crippen molar-refractivity contribution in [2.45, 2.75) is 33.0 Å². The lowest BCUT2D eigenvalue weighted by Gasteiger charge is -2.39. The number of benzene rings is 1. The fourth-order valence-corrected chi connectivity index (χ4v) is 3.43. The third-order valence-electron chi connectivity index (χ3n) is 2.79. The van der Waals surface area contributed by atoms with Crippen LogP contribution in [0.15, 0.2) is 30.3 Å². The van der Waals surface area contributed by atoms with Crippen LogP contribution in [0.3, 0.4) is 0 Å². The molecule has 1 N–H and O–H groups in total. The van der Waals surface area contributed by atoms with E-state index < -0.39 is 12.9 Å². The maximum Gasteiger partial charge on any atom is 0.357 e. The number of rotatable bonds is 7. The van der Waals surface area contributed by atoms with E-state index in [4.69, 9.17) is 9.05 Å². The molecule has 0 bridgehead atoms. The second kappa shape index (κ2) is 6.53. The van der Waals surface area contributed by atoms with E-state index in [0.717, 1.165) is 5.06 Å². The van der Waals surface area contributed by atoms with E-state index >= 15 is 0 Å². The summed E-state index contributed by atoms with van der Waals surface area (Å²) in [5.41, 5.74) is 0.534. The van der Waals surface area contributed by atoms with E-state index in [9.17, 15) is 9.77 Å². The molecule has 0 aromatic heterocycles. The van der Waals surface area contributed by atoms with Gasteiger partial charge in [-0.1, -0.05) is 18.2 Å². The maximum absolute atomic E-state index is 12.8. The minimum absolute atomic E-state index is 0.253. The van der Waals surface area contributed by atoms with E-state index in [-0.39, 0.29) is 13.2 Å². The summed E-state index contributed by atoms with van der Waals surface area (Å²) in [5, 5.41) is 10.1. The molecule has 6 heteroatoms. The predicted octanol–water partition coefficient (Wildman–Crippen LogP) is 3.88. The standard InChI is InChI=1S/C13H22NO4P/c1-5-17-19(16,18-6-2)13(3,4)14(15)12-10-8-7-9-11-12/h7-11,15H,5-6H2,1-4H3. The fourth-order valence-electron chi connectivity index (χ4n) is 1.69. The highest BCUT2D eigenvalue weighted by Crippen LogP contribution is 2.61. The van der Waals surface area contributed by atoms with Crippen molar-refractivity contribution in [1.82, 2.24) is 0 Å². The summed E-state index contributed by atoms with van der Waals surface area (Å²) in [6.07, 6.45) is 0. The molecule has 1 aromatic rings.